The van der Waals surface area contributed by atoms with E-state index in [-0.39, 0.29) is 11.6 Å². The Balaban J connectivity index is 2.35. The molecule has 0 bridgehead atoms. The Bertz CT molecular complexity index is 1030. The molecule has 1 aromatic carbocycles. The van der Waals surface area contributed by atoms with Gasteiger partial charge < -0.3 is 14.4 Å². The van der Waals surface area contributed by atoms with Gasteiger partial charge in [0.1, 0.15) is 24.7 Å². The van der Waals surface area contributed by atoms with Gasteiger partial charge in [-0.25, -0.2) is 9.97 Å². The minimum atomic E-state index is 0.127. The van der Waals surface area contributed by atoms with Gasteiger partial charge in [-0.05, 0) is 50.6 Å². The number of ether oxygens (including phenoxy) is 1. The third-order valence-electron chi connectivity index (χ3n) is 4.99. The summed E-state index contributed by atoms with van der Waals surface area (Å²) in [7, 11) is 1.99. The van der Waals surface area contributed by atoms with Crippen LogP contribution in [0, 0.1) is 11.3 Å². The van der Waals surface area contributed by atoms with Crippen molar-refractivity contribution in [3.63, 3.8) is 0 Å². The summed E-state index contributed by atoms with van der Waals surface area (Å²) in [5, 5.41) is 10.4. The smallest absolute Gasteiger partial charge is 0.251 e. The van der Waals surface area contributed by atoms with E-state index in [2.05, 4.69) is 16.0 Å². The van der Waals surface area contributed by atoms with Crippen molar-refractivity contribution in [3.8, 4) is 23.2 Å². The molecule has 6 nitrogen and oxygen atoms in total. The predicted molar refractivity (Wildman–Crippen MR) is 138 cm³/mol. The largest absolute Gasteiger partial charge is 0.474 e. The number of carbonyl (C=O) groups is 1. The van der Waals surface area contributed by atoms with Crippen LogP contribution in [0.2, 0.25) is 5.02 Å². The summed E-state index contributed by atoms with van der Waals surface area (Å²) < 4.78 is 5.91. The van der Waals surface area contributed by atoms with E-state index in [0.717, 1.165) is 43.2 Å². The van der Waals surface area contributed by atoms with E-state index < -0.39 is 0 Å². The molecular formula is C26H30Cl2N4O2. The summed E-state index contributed by atoms with van der Waals surface area (Å²) in [5.74, 6) is 0.558. The molecule has 1 aromatic heterocycles. The van der Waals surface area contributed by atoms with Gasteiger partial charge in [0.05, 0.1) is 5.69 Å². The number of hydrogen-bond donors (Lipinski definition) is 0. The highest BCUT2D eigenvalue weighted by atomic mass is 35.5. The Morgan fingerprint density at radius 1 is 1.21 bits per heavy atom. The Morgan fingerprint density at radius 3 is 2.62 bits per heavy atom. The van der Waals surface area contributed by atoms with E-state index in [4.69, 9.17) is 32.9 Å². The normalized spacial score (nSPS) is 11.7. The number of alkyl halides is 1. The molecule has 0 atom stereocenters. The number of halogens is 2. The molecule has 2 aromatic rings. The maximum absolute atomic E-state index is 10.4. The molecule has 0 fully saturated rings. The van der Waals surface area contributed by atoms with Crippen LogP contribution in [0.15, 0.2) is 42.5 Å². The molecule has 0 radical (unpaired) electrons. The van der Waals surface area contributed by atoms with Gasteiger partial charge >= 0.3 is 0 Å². The number of hydrogen-bond acceptors (Lipinski definition) is 6. The van der Waals surface area contributed by atoms with E-state index in [1.165, 1.54) is 0 Å². The molecule has 2 rings (SSSR count). The van der Waals surface area contributed by atoms with Crippen molar-refractivity contribution in [1.29, 1.82) is 5.26 Å². The summed E-state index contributed by atoms with van der Waals surface area (Å²) in [5.41, 5.74) is 2.96. The average molecular weight is 501 g/mol. The Kier molecular flexibility index (Phi) is 12.3. The van der Waals surface area contributed by atoms with E-state index in [0.29, 0.717) is 41.9 Å². The molecule has 0 aliphatic carbocycles. The number of likely N-dealkylation sites (N-methyl/N-ethyl adjacent to an activating group) is 1. The summed E-state index contributed by atoms with van der Waals surface area (Å²) in [6.07, 6.45) is 9.86. The molecular weight excluding hydrogens is 471 g/mol. The lowest BCUT2D eigenvalue weighted by Crippen LogP contribution is -2.25. The molecule has 8 heteroatoms. The fourth-order valence-electron chi connectivity index (χ4n) is 3.26. The highest BCUT2D eigenvalue weighted by Crippen LogP contribution is 2.31. The van der Waals surface area contributed by atoms with Crippen molar-refractivity contribution in [1.82, 2.24) is 14.9 Å². The van der Waals surface area contributed by atoms with Gasteiger partial charge in [-0.2, -0.15) is 5.26 Å². The van der Waals surface area contributed by atoms with Crippen molar-refractivity contribution in [3.05, 3.63) is 58.9 Å². The summed E-state index contributed by atoms with van der Waals surface area (Å²) in [4.78, 5) is 21.9. The first-order valence-corrected chi connectivity index (χ1v) is 12.2. The Hall–Kier alpha value is -2.72. The maximum atomic E-state index is 10.4. The van der Waals surface area contributed by atoms with E-state index in [1.54, 1.807) is 12.1 Å². The van der Waals surface area contributed by atoms with Crippen molar-refractivity contribution in [2.45, 2.75) is 32.6 Å². The van der Waals surface area contributed by atoms with Gasteiger partial charge in [0.2, 0.25) is 5.69 Å². The van der Waals surface area contributed by atoms with E-state index in [9.17, 15) is 10.1 Å². The van der Waals surface area contributed by atoms with Gasteiger partial charge in [-0.1, -0.05) is 48.9 Å². The van der Waals surface area contributed by atoms with Gasteiger partial charge in [-0.3, -0.25) is 0 Å². The van der Waals surface area contributed by atoms with Crippen LogP contribution in [0.5, 0.6) is 5.88 Å². The van der Waals surface area contributed by atoms with Crippen molar-refractivity contribution in [2.24, 2.45) is 0 Å². The van der Waals surface area contributed by atoms with E-state index >= 15 is 0 Å². The number of unbranched alkanes of at least 4 members (excludes halogenated alkanes) is 2. The lowest BCUT2D eigenvalue weighted by molar-refractivity contribution is -0.107. The van der Waals surface area contributed by atoms with Crippen molar-refractivity contribution < 1.29 is 9.53 Å². The predicted octanol–water partition coefficient (Wildman–Crippen LogP) is 5.94. The monoisotopic (exact) mass is 500 g/mol. The molecule has 0 saturated heterocycles. The SMILES string of the molecule is CC/C=C(\C=C/CCl)c1nc(C#N)c(OCCN(C)CCCCC=O)nc1-c1ccc(Cl)cc1. The quantitative estimate of drug-likeness (QED) is 0.138. The topological polar surface area (TPSA) is 79.1 Å². The number of rotatable bonds is 14. The number of aldehydes is 1. The van der Waals surface area contributed by atoms with Crippen LogP contribution in [0.3, 0.4) is 0 Å². The standard InChI is InChI=1S/C26H30Cl2N4O2/c1-3-8-20(9-7-14-27)24-25(21-10-12-22(28)13-11-21)31-26(23(19-29)30-24)34-18-16-32(2)15-5-4-6-17-33/h7-13,17H,3-6,14-16,18H2,1-2H3/b9-7-,20-8+. The molecule has 0 aliphatic heterocycles. The fourth-order valence-corrected chi connectivity index (χ4v) is 3.47. The number of aromatic nitrogens is 2. The minimum absolute atomic E-state index is 0.127. The second kappa shape index (κ2) is 15.2. The molecule has 0 saturated carbocycles. The van der Waals surface area contributed by atoms with Gasteiger partial charge in [0.15, 0.2) is 0 Å². The van der Waals surface area contributed by atoms with Gasteiger partial charge in [0.25, 0.3) is 5.88 Å². The molecule has 180 valence electrons. The average Bonchev–Trinajstić information content (AvgIpc) is 2.84. The molecule has 0 unspecified atom stereocenters. The Morgan fingerprint density at radius 2 is 1.97 bits per heavy atom. The van der Waals surface area contributed by atoms with Crippen LogP contribution >= 0.6 is 23.2 Å². The van der Waals surface area contributed by atoms with Crippen molar-refractivity contribution >= 4 is 35.1 Å². The zero-order chi connectivity index (χ0) is 24.8. The highest BCUT2D eigenvalue weighted by molar-refractivity contribution is 6.30. The third-order valence-corrected chi connectivity index (χ3v) is 5.43. The van der Waals surface area contributed by atoms with Gasteiger partial charge in [-0.15, -0.1) is 11.6 Å². The molecule has 0 N–H and O–H groups in total. The number of allylic oxidation sites excluding steroid dienone is 4. The molecule has 1 heterocycles. The molecule has 0 aliphatic rings. The van der Waals surface area contributed by atoms with Crippen molar-refractivity contribution in [2.75, 3.05) is 32.6 Å². The molecule has 0 spiro atoms. The van der Waals surface area contributed by atoms with Crippen LogP contribution < -0.4 is 4.74 Å². The second-order valence-corrected chi connectivity index (χ2v) is 8.38. The number of benzene rings is 1. The van der Waals surface area contributed by atoms with Crippen LogP contribution in [0.4, 0.5) is 0 Å². The maximum Gasteiger partial charge on any atom is 0.251 e. The molecule has 34 heavy (non-hydrogen) atoms. The first-order chi connectivity index (χ1) is 16.5. The van der Waals surface area contributed by atoms with Crippen LogP contribution in [-0.4, -0.2) is 53.8 Å². The summed E-state index contributed by atoms with van der Waals surface area (Å²) in [6.45, 7) is 3.91. The van der Waals surface area contributed by atoms with Crippen LogP contribution in [-0.2, 0) is 4.79 Å². The first kappa shape index (κ1) is 27.5. The number of nitriles is 1. The van der Waals surface area contributed by atoms with Crippen LogP contribution in [0.25, 0.3) is 16.8 Å². The zero-order valence-electron chi connectivity index (χ0n) is 19.6. The van der Waals surface area contributed by atoms with Crippen LogP contribution in [0.1, 0.15) is 44.0 Å². The summed E-state index contributed by atoms with van der Waals surface area (Å²) in [6, 6.07) is 9.44. The van der Waals surface area contributed by atoms with E-state index in [1.807, 2.05) is 44.3 Å². The minimum Gasteiger partial charge on any atom is -0.474 e. The fraction of sp³-hybridized carbons (Fsp3) is 0.385. The summed E-state index contributed by atoms with van der Waals surface area (Å²) >= 11 is 12.0. The Labute approximate surface area is 211 Å². The zero-order valence-corrected chi connectivity index (χ0v) is 21.1. The lowest BCUT2D eigenvalue weighted by atomic mass is 10.0. The number of nitrogens with zero attached hydrogens (tertiary/aromatic N) is 4. The highest BCUT2D eigenvalue weighted by Gasteiger charge is 2.18. The molecule has 0 amide bonds. The van der Waals surface area contributed by atoms with Gasteiger partial charge in [0, 0.05) is 29.4 Å². The third kappa shape index (κ3) is 8.57. The second-order valence-electron chi connectivity index (χ2n) is 7.63. The first-order valence-electron chi connectivity index (χ1n) is 11.3. The lowest BCUT2D eigenvalue weighted by Gasteiger charge is -2.17. The number of carbonyl (C=O) groups excluding carboxylic acids is 1.